The van der Waals surface area contributed by atoms with Gasteiger partial charge in [-0.15, -0.1) is 0 Å². The van der Waals surface area contributed by atoms with Crippen molar-refractivity contribution < 1.29 is 14.1 Å². The van der Waals surface area contributed by atoms with Gasteiger partial charge in [0.05, 0.1) is 36.3 Å². The maximum absolute atomic E-state index is 13.5. The van der Waals surface area contributed by atoms with Gasteiger partial charge in [-0.3, -0.25) is 4.79 Å². The molecule has 1 aliphatic heterocycles. The Morgan fingerprint density at radius 3 is 2.82 bits per heavy atom. The van der Waals surface area contributed by atoms with E-state index in [-0.39, 0.29) is 11.9 Å². The van der Waals surface area contributed by atoms with Crippen LogP contribution in [0.2, 0.25) is 5.02 Å². The summed E-state index contributed by atoms with van der Waals surface area (Å²) in [6, 6.07) is 6.71. The molecule has 0 aliphatic carbocycles. The van der Waals surface area contributed by atoms with Gasteiger partial charge < -0.3 is 14.2 Å². The highest BCUT2D eigenvalue weighted by molar-refractivity contribution is 6.31. The molecule has 0 N–H and O–H groups in total. The molecule has 4 aromatic rings. The Bertz CT molecular complexity index is 1310. The lowest BCUT2D eigenvalue weighted by Crippen LogP contribution is -2.46. The molecule has 1 aromatic carbocycles. The molecule has 0 bridgehead atoms. The second-order valence-corrected chi connectivity index (χ2v) is 7.89. The first-order chi connectivity index (χ1) is 16.1. The lowest BCUT2D eigenvalue weighted by molar-refractivity contribution is 0.0435. The molecule has 0 saturated carbocycles. The largest absolute Gasteiger partial charge is 0.477 e. The average molecular weight is 466 g/mol. The van der Waals surface area contributed by atoms with Crippen molar-refractivity contribution in [2.24, 2.45) is 0 Å². The van der Waals surface area contributed by atoms with Gasteiger partial charge in [0.15, 0.2) is 5.82 Å². The molecule has 0 radical (unpaired) electrons. The molecular formula is C22H20ClN7O3. The number of amides is 1. The van der Waals surface area contributed by atoms with Crippen LogP contribution in [0.15, 0.2) is 47.4 Å². The number of nitrogens with zero attached hydrogens (tertiary/aromatic N) is 7. The standard InChI is InChI=1S/C22H20ClN7O3/c1-3-32-20-14(5-4-7-24-20)21-27-19(28-33-21)17-6-10-29(17)22(31)15-12-16(23)13(2)11-18(15)30-25-8-9-26-30/h4-5,7-9,11-12,17H,3,6,10H2,1-2H3/t17-/m0/s1. The Balaban J connectivity index is 1.44. The van der Waals surface area contributed by atoms with E-state index in [4.69, 9.17) is 20.9 Å². The summed E-state index contributed by atoms with van der Waals surface area (Å²) in [7, 11) is 0. The van der Waals surface area contributed by atoms with Crippen molar-refractivity contribution in [1.82, 2.24) is 35.0 Å². The minimum atomic E-state index is -0.319. The van der Waals surface area contributed by atoms with Crippen molar-refractivity contribution in [1.29, 1.82) is 0 Å². The number of hydrogen-bond donors (Lipinski definition) is 0. The van der Waals surface area contributed by atoms with Crippen molar-refractivity contribution in [3.8, 4) is 23.0 Å². The second-order valence-electron chi connectivity index (χ2n) is 7.49. The Labute approximate surface area is 194 Å². The summed E-state index contributed by atoms with van der Waals surface area (Å²) in [5.74, 6) is 0.930. The van der Waals surface area contributed by atoms with E-state index < -0.39 is 0 Å². The van der Waals surface area contributed by atoms with Crippen LogP contribution in [-0.4, -0.2) is 54.1 Å². The lowest BCUT2D eigenvalue weighted by atomic mass is 9.99. The van der Waals surface area contributed by atoms with Crippen LogP contribution in [0.5, 0.6) is 5.88 Å². The normalized spacial score (nSPS) is 15.4. The molecule has 33 heavy (non-hydrogen) atoms. The van der Waals surface area contributed by atoms with Crippen LogP contribution in [-0.2, 0) is 0 Å². The second kappa shape index (κ2) is 8.62. The molecule has 168 valence electrons. The van der Waals surface area contributed by atoms with Crippen LogP contribution < -0.4 is 4.74 Å². The molecule has 5 rings (SSSR count). The fourth-order valence-corrected chi connectivity index (χ4v) is 3.85. The first-order valence-corrected chi connectivity index (χ1v) is 10.8. The molecule has 3 aromatic heterocycles. The summed E-state index contributed by atoms with van der Waals surface area (Å²) in [5.41, 5.74) is 2.39. The third-order valence-corrected chi connectivity index (χ3v) is 5.85. The summed E-state index contributed by atoms with van der Waals surface area (Å²) in [6.07, 6.45) is 5.46. The lowest BCUT2D eigenvalue weighted by Gasteiger charge is -2.39. The van der Waals surface area contributed by atoms with Crippen molar-refractivity contribution in [3.05, 3.63) is 64.8 Å². The average Bonchev–Trinajstić information content (AvgIpc) is 3.48. The highest BCUT2D eigenvalue weighted by Gasteiger charge is 2.38. The van der Waals surface area contributed by atoms with Gasteiger partial charge in [-0.2, -0.15) is 20.0 Å². The van der Waals surface area contributed by atoms with E-state index in [0.717, 1.165) is 5.56 Å². The number of hydrogen-bond acceptors (Lipinski definition) is 8. The molecule has 4 heterocycles. The van der Waals surface area contributed by atoms with E-state index >= 15 is 0 Å². The van der Waals surface area contributed by atoms with Crippen LogP contribution in [0.25, 0.3) is 17.1 Å². The van der Waals surface area contributed by atoms with Gasteiger partial charge in [-0.1, -0.05) is 16.8 Å². The Kier molecular flexibility index (Phi) is 5.51. The number of halogens is 1. The Hall–Kier alpha value is -3.79. The molecule has 1 amide bonds. The fourth-order valence-electron chi connectivity index (χ4n) is 3.68. The maximum Gasteiger partial charge on any atom is 0.263 e. The SMILES string of the molecule is CCOc1ncccc1-c1nc([C@@H]2CCN2C(=O)c2cc(Cl)c(C)cc2-n2nccn2)no1. The molecular weight excluding hydrogens is 446 g/mol. The van der Waals surface area contributed by atoms with Crippen molar-refractivity contribution in [2.45, 2.75) is 26.3 Å². The van der Waals surface area contributed by atoms with Gasteiger partial charge in [-0.05, 0) is 50.1 Å². The third kappa shape index (κ3) is 3.82. The monoisotopic (exact) mass is 465 g/mol. The van der Waals surface area contributed by atoms with E-state index in [1.54, 1.807) is 47.8 Å². The number of carbonyl (C=O) groups excluding carboxylic acids is 1. The quantitative estimate of drug-likeness (QED) is 0.424. The van der Waals surface area contributed by atoms with Gasteiger partial charge in [0, 0.05) is 17.8 Å². The smallest absolute Gasteiger partial charge is 0.263 e. The van der Waals surface area contributed by atoms with Crippen molar-refractivity contribution in [2.75, 3.05) is 13.2 Å². The Morgan fingerprint density at radius 1 is 1.27 bits per heavy atom. The first kappa shape index (κ1) is 21.1. The number of pyridine rings is 1. The van der Waals surface area contributed by atoms with Gasteiger partial charge in [-0.25, -0.2) is 4.98 Å². The molecule has 0 spiro atoms. The summed E-state index contributed by atoms with van der Waals surface area (Å²) in [6.45, 7) is 4.76. The molecule has 1 atom stereocenters. The first-order valence-electron chi connectivity index (χ1n) is 10.5. The molecule has 1 fully saturated rings. The highest BCUT2D eigenvalue weighted by atomic mass is 35.5. The van der Waals surface area contributed by atoms with Gasteiger partial charge in [0.2, 0.25) is 5.88 Å². The molecule has 0 unspecified atom stereocenters. The number of likely N-dealkylation sites (tertiary alicyclic amines) is 1. The van der Waals surface area contributed by atoms with E-state index in [0.29, 0.717) is 59.0 Å². The van der Waals surface area contributed by atoms with E-state index in [9.17, 15) is 4.79 Å². The zero-order valence-electron chi connectivity index (χ0n) is 18.0. The highest BCUT2D eigenvalue weighted by Crippen LogP contribution is 2.36. The predicted molar refractivity (Wildman–Crippen MR) is 118 cm³/mol. The predicted octanol–water partition coefficient (Wildman–Crippen LogP) is 3.66. The molecule has 1 aliphatic rings. The number of carbonyl (C=O) groups is 1. The van der Waals surface area contributed by atoms with Crippen molar-refractivity contribution in [3.63, 3.8) is 0 Å². The molecule has 1 saturated heterocycles. The van der Waals surface area contributed by atoms with E-state index in [2.05, 4.69) is 25.3 Å². The van der Waals surface area contributed by atoms with Crippen LogP contribution in [0, 0.1) is 6.92 Å². The number of benzene rings is 1. The molecule has 11 heteroatoms. The maximum atomic E-state index is 13.5. The zero-order valence-corrected chi connectivity index (χ0v) is 18.7. The number of aromatic nitrogens is 6. The van der Waals surface area contributed by atoms with Gasteiger partial charge in [0.1, 0.15) is 5.56 Å². The topological polar surface area (TPSA) is 112 Å². The number of ether oxygens (including phenoxy) is 1. The van der Waals surface area contributed by atoms with E-state index in [1.165, 1.54) is 4.80 Å². The minimum Gasteiger partial charge on any atom is -0.477 e. The van der Waals surface area contributed by atoms with Gasteiger partial charge in [0.25, 0.3) is 11.8 Å². The number of aryl methyl sites for hydroxylation is 1. The zero-order chi connectivity index (χ0) is 22.9. The summed E-state index contributed by atoms with van der Waals surface area (Å²) >= 11 is 6.34. The van der Waals surface area contributed by atoms with Crippen LogP contribution in [0.4, 0.5) is 0 Å². The fraction of sp³-hybridized carbons (Fsp3) is 0.273. The van der Waals surface area contributed by atoms with Crippen molar-refractivity contribution >= 4 is 17.5 Å². The van der Waals surface area contributed by atoms with Crippen LogP contribution in [0.3, 0.4) is 0 Å². The summed E-state index contributed by atoms with van der Waals surface area (Å²) in [5, 5.41) is 13.0. The molecule has 10 nitrogen and oxygen atoms in total. The Morgan fingerprint density at radius 2 is 2.09 bits per heavy atom. The van der Waals surface area contributed by atoms with Crippen LogP contribution >= 0.6 is 11.6 Å². The van der Waals surface area contributed by atoms with Crippen LogP contribution in [0.1, 0.15) is 41.1 Å². The minimum absolute atomic E-state index is 0.205. The van der Waals surface area contributed by atoms with E-state index in [1.807, 2.05) is 13.8 Å². The third-order valence-electron chi connectivity index (χ3n) is 5.44. The van der Waals surface area contributed by atoms with Gasteiger partial charge >= 0.3 is 0 Å². The number of rotatable bonds is 6. The summed E-state index contributed by atoms with van der Waals surface area (Å²) < 4.78 is 11.0. The summed E-state index contributed by atoms with van der Waals surface area (Å²) in [4.78, 5) is 25.3.